The molecule has 0 aliphatic carbocycles. The Kier molecular flexibility index (Phi) is 6.78. The van der Waals surface area contributed by atoms with E-state index < -0.39 is 0 Å². The summed E-state index contributed by atoms with van der Waals surface area (Å²) in [7, 11) is 0. The molecule has 3 aromatic heterocycles. The largest absolute Gasteiger partial charge is 0.311 e. The number of para-hydroxylation sites is 4. The van der Waals surface area contributed by atoms with Crippen molar-refractivity contribution in [1.82, 2.24) is 14.1 Å². The number of rotatable bonds is 6. The zero-order valence-corrected chi connectivity index (χ0v) is 27.8. The Morgan fingerprint density at radius 1 is 0.333 bits per heavy atom. The lowest BCUT2D eigenvalue weighted by atomic mass is 10.0. The first-order chi connectivity index (χ1) is 25.3. The number of pyridine rings is 1. The van der Waals surface area contributed by atoms with Crippen LogP contribution in [0.2, 0.25) is 0 Å². The van der Waals surface area contributed by atoms with Crippen molar-refractivity contribution in [3.8, 4) is 22.5 Å². The molecular formula is C47H32N4. The molecule has 240 valence electrons. The number of fused-ring (bicyclic) bond motifs is 6. The summed E-state index contributed by atoms with van der Waals surface area (Å²) in [4.78, 5) is 6.55. The SMILES string of the molecule is c1ccc(N(c2ccccc2)c2ccc(-n3c4ccccc4c4cc(-c5ccc6c(c5)c5ccccc5n6-c5ccncc5)ccc43)cc2)cc1. The van der Waals surface area contributed by atoms with Crippen LogP contribution in [0.3, 0.4) is 0 Å². The maximum Gasteiger partial charge on any atom is 0.0541 e. The molecule has 0 aliphatic rings. The molecule has 3 heterocycles. The highest BCUT2D eigenvalue weighted by Crippen LogP contribution is 2.39. The van der Waals surface area contributed by atoms with Crippen molar-refractivity contribution >= 4 is 60.7 Å². The lowest BCUT2D eigenvalue weighted by Crippen LogP contribution is -2.09. The fourth-order valence-corrected chi connectivity index (χ4v) is 7.71. The van der Waals surface area contributed by atoms with Gasteiger partial charge in [0, 0.05) is 62.4 Å². The van der Waals surface area contributed by atoms with E-state index in [-0.39, 0.29) is 0 Å². The first-order valence-corrected chi connectivity index (χ1v) is 17.3. The third-order valence-corrected chi connectivity index (χ3v) is 9.99. The van der Waals surface area contributed by atoms with Crippen LogP contribution in [0.4, 0.5) is 17.1 Å². The van der Waals surface area contributed by atoms with E-state index in [0.717, 1.165) is 28.4 Å². The van der Waals surface area contributed by atoms with E-state index in [1.54, 1.807) is 0 Å². The van der Waals surface area contributed by atoms with Crippen LogP contribution in [0.15, 0.2) is 194 Å². The van der Waals surface area contributed by atoms with E-state index in [1.165, 1.54) is 54.7 Å². The maximum atomic E-state index is 4.25. The molecule has 0 N–H and O–H groups in total. The first-order valence-electron chi connectivity index (χ1n) is 17.3. The minimum Gasteiger partial charge on any atom is -0.311 e. The summed E-state index contributed by atoms with van der Waals surface area (Å²) in [6.07, 6.45) is 3.71. The average Bonchev–Trinajstić information content (AvgIpc) is 3.72. The Balaban J connectivity index is 1.09. The Hall–Kier alpha value is -6.91. The maximum absolute atomic E-state index is 4.25. The Bertz CT molecular complexity index is 2790. The van der Waals surface area contributed by atoms with E-state index >= 15 is 0 Å². The van der Waals surface area contributed by atoms with Gasteiger partial charge in [0.25, 0.3) is 0 Å². The second-order valence-electron chi connectivity index (χ2n) is 12.9. The zero-order valence-electron chi connectivity index (χ0n) is 27.8. The number of hydrogen-bond donors (Lipinski definition) is 0. The molecule has 0 aliphatic heterocycles. The van der Waals surface area contributed by atoms with Gasteiger partial charge < -0.3 is 14.0 Å². The molecule has 10 rings (SSSR count). The molecular weight excluding hydrogens is 621 g/mol. The topological polar surface area (TPSA) is 26.0 Å². The monoisotopic (exact) mass is 652 g/mol. The molecule has 0 amide bonds. The summed E-state index contributed by atoms with van der Waals surface area (Å²) in [5.41, 5.74) is 12.8. The van der Waals surface area contributed by atoms with Crippen molar-refractivity contribution in [3.05, 3.63) is 194 Å². The van der Waals surface area contributed by atoms with E-state index in [1.807, 2.05) is 12.4 Å². The Morgan fingerprint density at radius 2 is 0.745 bits per heavy atom. The first kappa shape index (κ1) is 29.0. The van der Waals surface area contributed by atoms with E-state index in [2.05, 4.69) is 201 Å². The second kappa shape index (κ2) is 11.9. The van der Waals surface area contributed by atoms with Crippen LogP contribution >= 0.6 is 0 Å². The normalized spacial score (nSPS) is 11.5. The van der Waals surface area contributed by atoms with Crippen LogP contribution in [0, 0.1) is 0 Å². The van der Waals surface area contributed by atoms with Crippen molar-refractivity contribution in [1.29, 1.82) is 0 Å². The molecule has 0 saturated heterocycles. The molecule has 4 nitrogen and oxygen atoms in total. The van der Waals surface area contributed by atoms with Gasteiger partial charge in [-0.3, -0.25) is 4.98 Å². The van der Waals surface area contributed by atoms with Gasteiger partial charge in [-0.2, -0.15) is 0 Å². The van der Waals surface area contributed by atoms with Crippen molar-refractivity contribution in [3.63, 3.8) is 0 Å². The number of benzene rings is 7. The third kappa shape index (κ3) is 4.80. The smallest absolute Gasteiger partial charge is 0.0541 e. The van der Waals surface area contributed by atoms with Gasteiger partial charge in [-0.1, -0.05) is 84.9 Å². The van der Waals surface area contributed by atoms with Crippen molar-refractivity contribution < 1.29 is 0 Å². The van der Waals surface area contributed by atoms with Crippen LogP contribution < -0.4 is 4.90 Å². The molecule has 0 radical (unpaired) electrons. The number of anilines is 3. The molecule has 0 spiro atoms. The number of hydrogen-bond acceptors (Lipinski definition) is 2. The van der Waals surface area contributed by atoms with Gasteiger partial charge >= 0.3 is 0 Å². The van der Waals surface area contributed by atoms with Gasteiger partial charge in [-0.05, 0) is 108 Å². The molecule has 0 fully saturated rings. The van der Waals surface area contributed by atoms with Crippen molar-refractivity contribution in [2.45, 2.75) is 0 Å². The Morgan fingerprint density at radius 3 is 1.25 bits per heavy atom. The second-order valence-corrected chi connectivity index (χ2v) is 12.9. The summed E-state index contributed by atoms with van der Waals surface area (Å²) in [5, 5.41) is 4.96. The van der Waals surface area contributed by atoms with Gasteiger partial charge in [0.05, 0.1) is 22.1 Å². The summed E-state index contributed by atoms with van der Waals surface area (Å²) in [6.45, 7) is 0. The molecule has 0 bridgehead atoms. The van der Waals surface area contributed by atoms with Crippen molar-refractivity contribution in [2.24, 2.45) is 0 Å². The number of aromatic nitrogens is 3. The van der Waals surface area contributed by atoms with Gasteiger partial charge in [0.15, 0.2) is 0 Å². The average molecular weight is 653 g/mol. The fourth-order valence-electron chi connectivity index (χ4n) is 7.71. The predicted molar refractivity (Wildman–Crippen MR) is 213 cm³/mol. The molecule has 10 aromatic rings. The molecule has 4 heteroatoms. The predicted octanol–water partition coefficient (Wildman–Crippen LogP) is 12.4. The fraction of sp³-hybridized carbons (Fsp3) is 0. The highest BCUT2D eigenvalue weighted by Gasteiger charge is 2.17. The molecule has 0 atom stereocenters. The lowest BCUT2D eigenvalue weighted by molar-refractivity contribution is 1.16. The van der Waals surface area contributed by atoms with Gasteiger partial charge in [0.1, 0.15) is 0 Å². The van der Waals surface area contributed by atoms with Gasteiger partial charge in [0.2, 0.25) is 0 Å². The summed E-state index contributed by atoms with van der Waals surface area (Å²) in [6, 6.07) is 65.3. The molecule has 0 unspecified atom stereocenters. The van der Waals surface area contributed by atoms with Gasteiger partial charge in [-0.25, -0.2) is 0 Å². The zero-order chi connectivity index (χ0) is 33.7. The lowest BCUT2D eigenvalue weighted by Gasteiger charge is -2.25. The minimum atomic E-state index is 1.11. The van der Waals surface area contributed by atoms with E-state index in [0.29, 0.717) is 0 Å². The minimum absolute atomic E-state index is 1.11. The van der Waals surface area contributed by atoms with Gasteiger partial charge in [-0.15, -0.1) is 0 Å². The van der Waals surface area contributed by atoms with Crippen LogP contribution in [-0.4, -0.2) is 14.1 Å². The van der Waals surface area contributed by atoms with E-state index in [4.69, 9.17) is 0 Å². The van der Waals surface area contributed by atoms with Crippen LogP contribution in [0.5, 0.6) is 0 Å². The van der Waals surface area contributed by atoms with E-state index in [9.17, 15) is 0 Å². The molecule has 7 aromatic carbocycles. The number of nitrogens with zero attached hydrogens (tertiary/aromatic N) is 4. The quantitative estimate of drug-likeness (QED) is 0.179. The molecule has 51 heavy (non-hydrogen) atoms. The highest BCUT2D eigenvalue weighted by atomic mass is 15.1. The summed E-state index contributed by atoms with van der Waals surface area (Å²) >= 11 is 0. The van der Waals surface area contributed by atoms with Crippen LogP contribution in [-0.2, 0) is 0 Å². The van der Waals surface area contributed by atoms with Crippen LogP contribution in [0.25, 0.3) is 66.1 Å². The van der Waals surface area contributed by atoms with Crippen LogP contribution in [0.1, 0.15) is 0 Å². The summed E-state index contributed by atoms with van der Waals surface area (Å²) in [5.74, 6) is 0. The summed E-state index contributed by atoms with van der Waals surface area (Å²) < 4.78 is 4.72. The standard InChI is InChI=1S/C47H32N4/c1-3-11-35(12-4-1)49(36-13-5-2-6-14-36)37-21-23-38(24-22-37)50-44-17-9-7-15-40(44)42-31-33(19-25-46(42)50)34-20-26-47-43(32-34)41-16-8-10-18-45(41)51(47)39-27-29-48-30-28-39/h1-32H. The Labute approximate surface area is 295 Å². The van der Waals surface area contributed by atoms with Crippen molar-refractivity contribution in [2.75, 3.05) is 4.90 Å². The molecule has 0 saturated carbocycles. The highest BCUT2D eigenvalue weighted by molar-refractivity contribution is 6.12. The third-order valence-electron chi connectivity index (χ3n) is 9.99.